The van der Waals surface area contributed by atoms with Gasteiger partial charge in [0.2, 0.25) is 5.88 Å². The second kappa shape index (κ2) is 7.84. The van der Waals surface area contributed by atoms with Gasteiger partial charge in [0.1, 0.15) is 23.1 Å². The third kappa shape index (κ3) is 3.41. The van der Waals surface area contributed by atoms with Gasteiger partial charge in [-0.25, -0.2) is 13.8 Å². The Kier molecular flexibility index (Phi) is 5.22. The number of rotatable bonds is 5. The second-order valence-corrected chi connectivity index (χ2v) is 7.01. The zero-order valence-corrected chi connectivity index (χ0v) is 16.9. The van der Waals surface area contributed by atoms with Gasteiger partial charge in [0.15, 0.2) is 0 Å². The average Bonchev–Trinajstić information content (AvgIpc) is 3.04. The summed E-state index contributed by atoms with van der Waals surface area (Å²) in [5, 5.41) is 11.1. The van der Waals surface area contributed by atoms with Gasteiger partial charge in [-0.3, -0.25) is 0 Å². The Bertz CT molecular complexity index is 1240. The molecule has 2 aromatic heterocycles. The molecule has 0 radical (unpaired) electrons. The lowest BCUT2D eigenvalue weighted by Crippen LogP contribution is -2.00. The van der Waals surface area contributed by atoms with E-state index in [0.29, 0.717) is 22.4 Å². The van der Waals surface area contributed by atoms with Crippen LogP contribution in [0.15, 0.2) is 48.7 Å². The number of nitrogens with zero attached hydrogens (tertiary/aromatic N) is 2. The molecule has 0 aliphatic heterocycles. The van der Waals surface area contributed by atoms with E-state index in [9.17, 15) is 13.9 Å². The van der Waals surface area contributed by atoms with Gasteiger partial charge >= 0.3 is 0 Å². The van der Waals surface area contributed by atoms with E-state index in [1.165, 1.54) is 23.8 Å². The zero-order chi connectivity index (χ0) is 21.4. The molecule has 4 rings (SSSR count). The fourth-order valence-electron chi connectivity index (χ4n) is 3.36. The van der Waals surface area contributed by atoms with Crippen molar-refractivity contribution in [2.24, 2.45) is 0 Å². The van der Waals surface area contributed by atoms with Crippen LogP contribution in [0.25, 0.3) is 22.2 Å². The molecule has 0 saturated heterocycles. The average molecular weight is 431 g/mol. The standard InChI is InChI=1S/C22H17ClF2N2O3/c1-29-13-7-6-12(19(8-13)30-2)10-27-11-18-20(22(27)28)14(23)9-17(26-18)21-15(24)4-3-5-16(21)25/h3-9,11,28H,10H2,1-2H3. The lowest BCUT2D eigenvalue weighted by atomic mass is 10.1. The molecule has 4 aromatic rings. The highest BCUT2D eigenvalue weighted by atomic mass is 35.5. The number of halogens is 3. The topological polar surface area (TPSA) is 56.5 Å². The van der Waals surface area contributed by atoms with Crippen molar-refractivity contribution in [3.8, 4) is 28.6 Å². The number of aromatic hydroxyl groups is 1. The highest BCUT2D eigenvalue weighted by Crippen LogP contribution is 2.37. The first kappa shape index (κ1) is 20.0. The summed E-state index contributed by atoms with van der Waals surface area (Å²) >= 11 is 6.34. The molecule has 0 spiro atoms. The molecule has 2 heterocycles. The Balaban J connectivity index is 1.81. The van der Waals surface area contributed by atoms with E-state index in [0.717, 1.165) is 17.7 Å². The molecule has 154 valence electrons. The van der Waals surface area contributed by atoms with Crippen molar-refractivity contribution >= 4 is 22.5 Å². The van der Waals surface area contributed by atoms with Gasteiger partial charge in [0, 0.05) is 17.8 Å². The number of pyridine rings is 1. The van der Waals surface area contributed by atoms with Crippen molar-refractivity contribution in [2.45, 2.75) is 6.54 Å². The summed E-state index contributed by atoms with van der Waals surface area (Å²) in [6.45, 7) is 0.259. The molecule has 0 bridgehead atoms. The Morgan fingerprint density at radius 1 is 1.07 bits per heavy atom. The summed E-state index contributed by atoms with van der Waals surface area (Å²) in [6.07, 6.45) is 1.57. The molecule has 0 aliphatic rings. The van der Waals surface area contributed by atoms with Crippen LogP contribution in [0.4, 0.5) is 8.78 Å². The van der Waals surface area contributed by atoms with E-state index in [-0.39, 0.29) is 28.7 Å². The normalized spacial score (nSPS) is 11.1. The minimum atomic E-state index is -0.746. The van der Waals surface area contributed by atoms with Crippen molar-refractivity contribution in [2.75, 3.05) is 14.2 Å². The number of ether oxygens (including phenoxy) is 2. The lowest BCUT2D eigenvalue weighted by molar-refractivity contribution is 0.387. The van der Waals surface area contributed by atoms with Crippen molar-refractivity contribution in [1.29, 1.82) is 0 Å². The Morgan fingerprint density at radius 2 is 1.80 bits per heavy atom. The summed E-state index contributed by atoms with van der Waals surface area (Å²) in [6, 6.07) is 10.2. The van der Waals surface area contributed by atoms with E-state index in [1.807, 2.05) is 6.07 Å². The predicted molar refractivity (Wildman–Crippen MR) is 110 cm³/mol. The molecule has 0 aliphatic carbocycles. The number of methoxy groups -OCH3 is 2. The smallest absolute Gasteiger partial charge is 0.202 e. The van der Waals surface area contributed by atoms with Crippen LogP contribution in [0.2, 0.25) is 5.02 Å². The molecule has 0 atom stereocenters. The summed E-state index contributed by atoms with van der Waals surface area (Å²) in [7, 11) is 3.10. The van der Waals surface area contributed by atoms with Gasteiger partial charge in [-0.15, -0.1) is 0 Å². The molecule has 0 saturated carbocycles. The third-order valence-electron chi connectivity index (χ3n) is 4.83. The van der Waals surface area contributed by atoms with Crippen LogP contribution < -0.4 is 9.47 Å². The molecule has 0 unspecified atom stereocenters. The number of fused-ring (bicyclic) bond motifs is 1. The van der Waals surface area contributed by atoms with E-state index in [4.69, 9.17) is 21.1 Å². The van der Waals surface area contributed by atoms with E-state index >= 15 is 0 Å². The molecule has 5 nitrogen and oxygen atoms in total. The van der Waals surface area contributed by atoms with Crippen molar-refractivity contribution in [3.63, 3.8) is 0 Å². The molecule has 2 aromatic carbocycles. The molecular weight excluding hydrogens is 414 g/mol. The number of benzene rings is 2. The van der Waals surface area contributed by atoms with Gasteiger partial charge in [0.05, 0.1) is 47.9 Å². The number of hydrogen-bond acceptors (Lipinski definition) is 4. The van der Waals surface area contributed by atoms with Crippen LogP contribution >= 0.6 is 11.6 Å². The largest absolute Gasteiger partial charge is 0.497 e. The van der Waals surface area contributed by atoms with Gasteiger partial charge in [-0.05, 0) is 30.3 Å². The fourth-order valence-corrected chi connectivity index (χ4v) is 3.64. The molecular formula is C22H17ClF2N2O3. The lowest BCUT2D eigenvalue weighted by Gasteiger charge is -2.11. The maximum atomic E-state index is 14.2. The molecule has 0 amide bonds. The van der Waals surface area contributed by atoms with Crippen LogP contribution in [0.3, 0.4) is 0 Å². The molecule has 0 fully saturated rings. The third-order valence-corrected chi connectivity index (χ3v) is 5.13. The van der Waals surface area contributed by atoms with E-state index < -0.39 is 11.6 Å². The van der Waals surface area contributed by atoms with Crippen LogP contribution in [0.5, 0.6) is 17.4 Å². The predicted octanol–water partition coefficient (Wildman–Crippen LogP) is 5.41. The minimum absolute atomic E-state index is 0.0438. The van der Waals surface area contributed by atoms with Gasteiger partial charge in [0.25, 0.3) is 0 Å². The monoisotopic (exact) mass is 430 g/mol. The minimum Gasteiger partial charge on any atom is -0.497 e. The van der Waals surface area contributed by atoms with Crippen LogP contribution in [0.1, 0.15) is 5.56 Å². The Labute approximate surface area is 176 Å². The van der Waals surface area contributed by atoms with Gasteiger partial charge < -0.3 is 19.1 Å². The summed E-state index contributed by atoms with van der Waals surface area (Å²) < 4.78 is 40.5. The van der Waals surface area contributed by atoms with Crippen molar-refractivity contribution < 1.29 is 23.4 Å². The van der Waals surface area contributed by atoms with Gasteiger partial charge in [-0.1, -0.05) is 17.7 Å². The Hall–Kier alpha value is -3.32. The first-order valence-corrected chi connectivity index (χ1v) is 9.34. The number of aromatic nitrogens is 2. The first-order chi connectivity index (χ1) is 14.4. The molecule has 30 heavy (non-hydrogen) atoms. The highest BCUT2D eigenvalue weighted by Gasteiger charge is 2.19. The second-order valence-electron chi connectivity index (χ2n) is 6.60. The maximum absolute atomic E-state index is 14.2. The fraction of sp³-hybridized carbons (Fsp3) is 0.136. The highest BCUT2D eigenvalue weighted by molar-refractivity contribution is 6.36. The first-order valence-electron chi connectivity index (χ1n) is 8.96. The Morgan fingerprint density at radius 3 is 2.47 bits per heavy atom. The number of hydrogen-bond donors (Lipinski definition) is 1. The van der Waals surface area contributed by atoms with Crippen LogP contribution in [-0.2, 0) is 6.54 Å². The molecule has 1 N–H and O–H groups in total. The molecule has 8 heteroatoms. The summed E-state index contributed by atoms with van der Waals surface area (Å²) in [5.41, 5.74) is 0.864. The summed E-state index contributed by atoms with van der Waals surface area (Å²) in [5.74, 6) is -0.381. The van der Waals surface area contributed by atoms with Crippen LogP contribution in [0, 0.1) is 11.6 Å². The zero-order valence-electron chi connectivity index (χ0n) is 16.1. The summed E-state index contributed by atoms with van der Waals surface area (Å²) in [4.78, 5) is 4.32. The van der Waals surface area contributed by atoms with Crippen LogP contribution in [-0.4, -0.2) is 28.9 Å². The maximum Gasteiger partial charge on any atom is 0.202 e. The van der Waals surface area contributed by atoms with E-state index in [2.05, 4.69) is 4.98 Å². The van der Waals surface area contributed by atoms with E-state index in [1.54, 1.807) is 25.4 Å². The SMILES string of the molecule is COc1ccc(Cn2cc3nc(-c4c(F)cccc4F)cc(Cl)c3c2O)c(OC)c1. The van der Waals surface area contributed by atoms with Gasteiger partial charge in [-0.2, -0.15) is 0 Å². The van der Waals surface area contributed by atoms with Crippen molar-refractivity contribution in [3.05, 3.63) is 70.9 Å². The quantitative estimate of drug-likeness (QED) is 0.460. The van der Waals surface area contributed by atoms with Crippen molar-refractivity contribution in [1.82, 2.24) is 9.55 Å².